The van der Waals surface area contributed by atoms with Crippen molar-refractivity contribution in [3.05, 3.63) is 52.3 Å². The largest absolute Gasteiger partial charge is 0.350 e. The van der Waals surface area contributed by atoms with Gasteiger partial charge in [0, 0.05) is 41.1 Å². The Morgan fingerprint density at radius 3 is 2.33 bits per heavy atom. The lowest BCUT2D eigenvalue weighted by atomic mass is 9.95. The van der Waals surface area contributed by atoms with E-state index in [0.717, 1.165) is 48.6 Å². The second kappa shape index (κ2) is 7.66. The van der Waals surface area contributed by atoms with Crippen LogP contribution in [0, 0.1) is 19.8 Å². The number of hydrogen-bond acceptors (Lipinski definition) is 3. The summed E-state index contributed by atoms with van der Waals surface area (Å²) in [5.74, 6) is 0.494. The number of likely N-dealkylation sites (tertiary alicyclic amines) is 1. The summed E-state index contributed by atoms with van der Waals surface area (Å²) in [5, 5.41) is 0.704. The van der Waals surface area contributed by atoms with Gasteiger partial charge in [0.1, 0.15) is 0 Å². The van der Waals surface area contributed by atoms with Gasteiger partial charge in [-0.25, -0.2) is 0 Å². The van der Waals surface area contributed by atoms with Crippen LogP contribution in [0.1, 0.15) is 34.6 Å². The predicted molar refractivity (Wildman–Crippen MR) is 105 cm³/mol. The van der Waals surface area contributed by atoms with Gasteiger partial charge in [-0.3, -0.25) is 4.79 Å². The molecule has 27 heavy (non-hydrogen) atoms. The standard InChI is InChI=1S/C21H25ClN2O3/c1-14-13-19(15(2)24(14)18-5-3-17(22)4-6-18)20(25)23-9-7-16(8-10-23)21-26-11-12-27-21/h3-6,13,16,21H,7-12H2,1-2H3. The summed E-state index contributed by atoms with van der Waals surface area (Å²) < 4.78 is 13.4. The average Bonchev–Trinajstić information content (AvgIpc) is 3.31. The van der Waals surface area contributed by atoms with Gasteiger partial charge in [0.05, 0.1) is 18.8 Å². The summed E-state index contributed by atoms with van der Waals surface area (Å²) >= 11 is 6.01. The van der Waals surface area contributed by atoms with Crippen LogP contribution in [0.3, 0.4) is 0 Å². The van der Waals surface area contributed by atoms with Gasteiger partial charge in [0.15, 0.2) is 6.29 Å². The number of carbonyl (C=O) groups is 1. The zero-order chi connectivity index (χ0) is 19.0. The fourth-order valence-electron chi connectivity index (χ4n) is 4.16. The van der Waals surface area contributed by atoms with E-state index in [9.17, 15) is 4.79 Å². The van der Waals surface area contributed by atoms with Gasteiger partial charge < -0.3 is 18.9 Å². The fraction of sp³-hybridized carbons (Fsp3) is 0.476. The van der Waals surface area contributed by atoms with Gasteiger partial charge in [-0.1, -0.05) is 11.6 Å². The first-order valence-corrected chi connectivity index (χ1v) is 9.90. The Kier molecular flexibility index (Phi) is 5.26. The van der Waals surface area contributed by atoms with E-state index in [1.54, 1.807) is 0 Å². The van der Waals surface area contributed by atoms with E-state index < -0.39 is 0 Å². The van der Waals surface area contributed by atoms with E-state index in [-0.39, 0.29) is 12.2 Å². The van der Waals surface area contributed by atoms with Crippen LogP contribution in [0.4, 0.5) is 0 Å². The van der Waals surface area contributed by atoms with Crippen LogP contribution < -0.4 is 0 Å². The fourth-order valence-corrected chi connectivity index (χ4v) is 4.29. The summed E-state index contributed by atoms with van der Waals surface area (Å²) in [4.78, 5) is 15.1. The molecule has 0 atom stereocenters. The molecule has 6 heteroatoms. The average molecular weight is 389 g/mol. The van der Waals surface area contributed by atoms with Crippen LogP contribution in [0.5, 0.6) is 0 Å². The molecule has 4 rings (SSSR count). The maximum atomic E-state index is 13.1. The molecule has 2 aliphatic rings. The summed E-state index contributed by atoms with van der Waals surface area (Å²) in [6.45, 7) is 6.89. The van der Waals surface area contributed by atoms with E-state index in [1.165, 1.54) is 0 Å². The minimum atomic E-state index is -0.0859. The van der Waals surface area contributed by atoms with Crippen LogP contribution in [-0.4, -0.2) is 48.0 Å². The van der Waals surface area contributed by atoms with E-state index >= 15 is 0 Å². The third-order valence-electron chi connectivity index (χ3n) is 5.61. The summed E-state index contributed by atoms with van der Waals surface area (Å²) in [7, 11) is 0. The number of aryl methyl sites for hydroxylation is 1. The maximum Gasteiger partial charge on any atom is 0.255 e. The molecular formula is C21H25ClN2O3. The quantitative estimate of drug-likeness (QED) is 0.799. The molecule has 0 N–H and O–H groups in total. The molecule has 0 unspecified atom stereocenters. The second-order valence-corrected chi connectivity index (χ2v) is 7.77. The molecule has 0 bridgehead atoms. The second-order valence-electron chi connectivity index (χ2n) is 7.34. The molecule has 0 saturated carbocycles. The highest BCUT2D eigenvalue weighted by Gasteiger charge is 2.32. The van der Waals surface area contributed by atoms with Crippen LogP contribution in [0.25, 0.3) is 5.69 Å². The molecular weight excluding hydrogens is 364 g/mol. The van der Waals surface area contributed by atoms with Crippen LogP contribution in [0.15, 0.2) is 30.3 Å². The lowest BCUT2D eigenvalue weighted by Crippen LogP contribution is -2.41. The molecule has 1 amide bonds. The van der Waals surface area contributed by atoms with Gasteiger partial charge in [-0.15, -0.1) is 0 Å². The number of amides is 1. The number of halogens is 1. The Hall–Kier alpha value is -1.82. The number of carbonyl (C=O) groups excluding carboxylic acids is 1. The highest BCUT2D eigenvalue weighted by molar-refractivity contribution is 6.30. The van der Waals surface area contributed by atoms with Gasteiger partial charge in [0.2, 0.25) is 0 Å². The zero-order valence-corrected chi connectivity index (χ0v) is 16.5. The molecule has 2 aliphatic heterocycles. The zero-order valence-electron chi connectivity index (χ0n) is 15.8. The molecule has 2 saturated heterocycles. The van der Waals surface area contributed by atoms with Crippen LogP contribution in [-0.2, 0) is 9.47 Å². The van der Waals surface area contributed by atoms with Gasteiger partial charge in [0.25, 0.3) is 5.91 Å². The minimum absolute atomic E-state index is 0.0859. The van der Waals surface area contributed by atoms with Crippen molar-refractivity contribution in [2.45, 2.75) is 33.0 Å². The van der Waals surface area contributed by atoms with Crippen molar-refractivity contribution in [2.75, 3.05) is 26.3 Å². The van der Waals surface area contributed by atoms with E-state index in [4.69, 9.17) is 21.1 Å². The number of aromatic nitrogens is 1. The summed E-state index contributed by atoms with van der Waals surface area (Å²) in [5.41, 5.74) is 3.79. The Bertz CT molecular complexity index is 817. The first-order valence-electron chi connectivity index (χ1n) is 9.52. The third-order valence-corrected chi connectivity index (χ3v) is 5.86. The first-order chi connectivity index (χ1) is 13.0. The molecule has 0 spiro atoms. The number of hydrogen-bond donors (Lipinski definition) is 0. The molecule has 5 nitrogen and oxygen atoms in total. The molecule has 0 radical (unpaired) electrons. The van der Waals surface area contributed by atoms with Crippen molar-refractivity contribution >= 4 is 17.5 Å². The number of ether oxygens (including phenoxy) is 2. The van der Waals surface area contributed by atoms with Crippen molar-refractivity contribution < 1.29 is 14.3 Å². The molecule has 2 fully saturated rings. The highest BCUT2D eigenvalue weighted by atomic mass is 35.5. The third kappa shape index (κ3) is 3.64. The number of piperidine rings is 1. The van der Waals surface area contributed by atoms with Gasteiger partial charge >= 0.3 is 0 Å². The molecule has 3 heterocycles. The van der Waals surface area contributed by atoms with Crippen molar-refractivity contribution in [1.82, 2.24) is 9.47 Å². The Labute approximate surface area is 164 Å². The van der Waals surface area contributed by atoms with Crippen molar-refractivity contribution in [1.29, 1.82) is 0 Å². The number of benzene rings is 1. The first kappa shape index (κ1) is 18.5. The van der Waals surface area contributed by atoms with Crippen molar-refractivity contribution in [3.63, 3.8) is 0 Å². The smallest absolute Gasteiger partial charge is 0.255 e. The summed E-state index contributed by atoms with van der Waals surface area (Å²) in [6.07, 6.45) is 1.76. The molecule has 144 valence electrons. The van der Waals surface area contributed by atoms with Crippen LogP contribution >= 0.6 is 11.6 Å². The van der Waals surface area contributed by atoms with E-state index in [2.05, 4.69) is 4.57 Å². The Balaban J connectivity index is 1.49. The minimum Gasteiger partial charge on any atom is -0.350 e. The summed E-state index contributed by atoms with van der Waals surface area (Å²) in [6, 6.07) is 9.68. The number of rotatable bonds is 3. The van der Waals surface area contributed by atoms with Crippen molar-refractivity contribution in [3.8, 4) is 5.69 Å². The molecule has 2 aromatic rings. The SMILES string of the molecule is Cc1cc(C(=O)N2CCC(C3OCCO3)CC2)c(C)n1-c1ccc(Cl)cc1. The Morgan fingerprint density at radius 2 is 1.70 bits per heavy atom. The monoisotopic (exact) mass is 388 g/mol. The van der Waals surface area contributed by atoms with Crippen LogP contribution in [0.2, 0.25) is 5.02 Å². The normalized spacial score (nSPS) is 19.0. The topological polar surface area (TPSA) is 43.7 Å². The Morgan fingerprint density at radius 1 is 1.07 bits per heavy atom. The lowest BCUT2D eigenvalue weighted by Gasteiger charge is -2.33. The van der Waals surface area contributed by atoms with Gasteiger partial charge in [-0.05, 0) is 57.0 Å². The lowest BCUT2D eigenvalue weighted by molar-refractivity contribution is -0.0956. The van der Waals surface area contributed by atoms with E-state index in [0.29, 0.717) is 24.2 Å². The molecule has 1 aromatic carbocycles. The van der Waals surface area contributed by atoms with Crippen molar-refractivity contribution in [2.24, 2.45) is 5.92 Å². The number of nitrogens with zero attached hydrogens (tertiary/aromatic N) is 2. The molecule has 1 aromatic heterocycles. The van der Waals surface area contributed by atoms with E-state index in [1.807, 2.05) is 49.1 Å². The maximum absolute atomic E-state index is 13.1. The highest BCUT2D eigenvalue weighted by Crippen LogP contribution is 2.28. The predicted octanol–water partition coefficient (Wildman–Crippen LogP) is 3.97. The van der Waals surface area contributed by atoms with Gasteiger partial charge in [-0.2, -0.15) is 0 Å². The molecule has 0 aliphatic carbocycles.